The summed E-state index contributed by atoms with van der Waals surface area (Å²) in [5.41, 5.74) is 0.337. The second-order valence-corrected chi connectivity index (χ2v) is 2.54. The van der Waals surface area contributed by atoms with E-state index in [1.807, 2.05) is 6.92 Å². The molecular formula is C8H11N3O2. The molecule has 5 heteroatoms. The van der Waals surface area contributed by atoms with Gasteiger partial charge in [-0.15, -0.1) is 0 Å². The number of carbonyl (C=O) groups excluding carboxylic acids is 2. The summed E-state index contributed by atoms with van der Waals surface area (Å²) >= 11 is 0. The summed E-state index contributed by atoms with van der Waals surface area (Å²) in [6.45, 7) is 2.66. The number of carbonyl (C=O) groups is 2. The zero-order valence-electron chi connectivity index (χ0n) is 7.36. The lowest BCUT2D eigenvalue weighted by molar-refractivity contribution is -0.121. The van der Waals surface area contributed by atoms with Crippen LogP contribution in [0.15, 0.2) is 12.5 Å². The molecule has 1 amide bonds. The van der Waals surface area contributed by atoms with E-state index in [9.17, 15) is 9.59 Å². The van der Waals surface area contributed by atoms with Gasteiger partial charge in [0.25, 0.3) is 0 Å². The molecule has 0 spiro atoms. The average Bonchev–Trinajstić information content (AvgIpc) is 2.52. The number of amides is 1. The van der Waals surface area contributed by atoms with E-state index < -0.39 is 0 Å². The molecule has 1 aromatic heterocycles. The topological polar surface area (TPSA) is 64.0 Å². The van der Waals surface area contributed by atoms with E-state index in [4.69, 9.17) is 0 Å². The Morgan fingerprint density at radius 3 is 3.08 bits per heavy atom. The molecule has 0 unspecified atom stereocenters. The quantitative estimate of drug-likeness (QED) is 0.656. The maximum atomic E-state index is 11.1. The Morgan fingerprint density at radius 2 is 2.54 bits per heavy atom. The maximum absolute atomic E-state index is 11.1. The van der Waals surface area contributed by atoms with Crippen molar-refractivity contribution in [3.8, 4) is 0 Å². The van der Waals surface area contributed by atoms with Gasteiger partial charge in [-0.25, -0.2) is 4.98 Å². The van der Waals surface area contributed by atoms with Gasteiger partial charge in [-0.2, -0.15) is 0 Å². The van der Waals surface area contributed by atoms with E-state index in [1.165, 1.54) is 12.5 Å². The third-order valence-corrected chi connectivity index (χ3v) is 1.47. The highest BCUT2D eigenvalue weighted by Crippen LogP contribution is 1.91. The minimum atomic E-state index is -0.0858. The minimum Gasteiger partial charge on any atom is -0.355 e. The van der Waals surface area contributed by atoms with Gasteiger partial charge in [-0.05, 0) is 6.92 Å². The lowest BCUT2D eigenvalue weighted by Gasteiger charge is -2.01. The van der Waals surface area contributed by atoms with Crippen LogP contribution in [-0.2, 0) is 11.3 Å². The Hall–Kier alpha value is -1.65. The highest BCUT2D eigenvalue weighted by Gasteiger charge is 2.01. The third-order valence-electron chi connectivity index (χ3n) is 1.47. The van der Waals surface area contributed by atoms with Gasteiger partial charge < -0.3 is 9.88 Å². The van der Waals surface area contributed by atoms with Crippen LogP contribution in [0.1, 0.15) is 17.4 Å². The van der Waals surface area contributed by atoms with Crippen LogP contribution in [0, 0.1) is 0 Å². The summed E-state index contributed by atoms with van der Waals surface area (Å²) in [6, 6.07) is 0. The highest BCUT2D eigenvalue weighted by molar-refractivity contribution is 5.76. The standard InChI is InChI=1S/C8H11N3O2/c1-2-9-8(13)4-11-3-7(5-12)10-6-11/h3,5-6H,2,4H2,1H3,(H,9,13). The second-order valence-electron chi connectivity index (χ2n) is 2.54. The number of imidazole rings is 1. The number of nitrogens with one attached hydrogen (secondary N) is 1. The van der Waals surface area contributed by atoms with Crippen LogP contribution in [0.5, 0.6) is 0 Å². The molecule has 0 bridgehead atoms. The van der Waals surface area contributed by atoms with Crippen LogP contribution in [-0.4, -0.2) is 28.3 Å². The molecule has 0 atom stereocenters. The lowest BCUT2D eigenvalue weighted by atomic mass is 10.5. The van der Waals surface area contributed by atoms with Crippen molar-refractivity contribution in [2.45, 2.75) is 13.5 Å². The van der Waals surface area contributed by atoms with E-state index in [1.54, 1.807) is 4.57 Å². The Kier molecular flexibility index (Phi) is 3.19. The molecular weight excluding hydrogens is 170 g/mol. The van der Waals surface area contributed by atoms with Crippen LogP contribution in [0.2, 0.25) is 0 Å². The fourth-order valence-corrected chi connectivity index (χ4v) is 0.944. The van der Waals surface area contributed by atoms with Crippen molar-refractivity contribution in [1.29, 1.82) is 0 Å². The van der Waals surface area contributed by atoms with Gasteiger partial charge in [-0.3, -0.25) is 9.59 Å². The molecule has 0 fully saturated rings. The molecule has 0 saturated carbocycles. The van der Waals surface area contributed by atoms with Crippen molar-refractivity contribution >= 4 is 12.2 Å². The summed E-state index contributed by atoms with van der Waals surface area (Å²) in [6.07, 6.45) is 3.63. The smallest absolute Gasteiger partial charge is 0.239 e. The second kappa shape index (κ2) is 4.39. The van der Waals surface area contributed by atoms with Crippen LogP contribution in [0.4, 0.5) is 0 Å². The summed E-state index contributed by atoms with van der Waals surface area (Å²) in [5.74, 6) is -0.0858. The fraction of sp³-hybridized carbons (Fsp3) is 0.375. The molecule has 1 rings (SSSR count). The van der Waals surface area contributed by atoms with Crippen molar-refractivity contribution in [1.82, 2.24) is 14.9 Å². The van der Waals surface area contributed by atoms with Crippen LogP contribution in [0.3, 0.4) is 0 Å². The number of aldehydes is 1. The van der Waals surface area contributed by atoms with Gasteiger partial charge in [0.1, 0.15) is 12.2 Å². The predicted molar refractivity (Wildman–Crippen MR) is 46.3 cm³/mol. The Morgan fingerprint density at radius 1 is 1.77 bits per heavy atom. The molecule has 0 radical (unpaired) electrons. The number of hydrogen-bond donors (Lipinski definition) is 1. The van der Waals surface area contributed by atoms with E-state index >= 15 is 0 Å². The number of likely N-dealkylation sites (N-methyl/N-ethyl adjacent to an activating group) is 1. The highest BCUT2D eigenvalue weighted by atomic mass is 16.2. The van der Waals surface area contributed by atoms with Gasteiger partial charge in [0.2, 0.25) is 5.91 Å². The first-order chi connectivity index (χ1) is 6.26. The van der Waals surface area contributed by atoms with Crippen molar-refractivity contribution in [2.24, 2.45) is 0 Å². The first-order valence-corrected chi connectivity index (χ1v) is 4.00. The molecule has 70 valence electrons. The van der Waals surface area contributed by atoms with E-state index in [0.29, 0.717) is 18.5 Å². The lowest BCUT2D eigenvalue weighted by Crippen LogP contribution is -2.26. The van der Waals surface area contributed by atoms with E-state index in [2.05, 4.69) is 10.3 Å². The van der Waals surface area contributed by atoms with Crippen LogP contribution in [0.25, 0.3) is 0 Å². The fourth-order valence-electron chi connectivity index (χ4n) is 0.944. The summed E-state index contributed by atoms with van der Waals surface area (Å²) < 4.78 is 1.56. The first kappa shape index (κ1) is 9.44. The maximum Gasteiger partial charge on any atom is 0.239 e. The molecule has 0 aliphatic heterocycles. The molecule has 1 aromatic rings. The molecule has 1 N–H and O–H groups in total. The van der Waals surface area contributed by atoms with Gasteiger partial charge in [0.05, 0.1) is 6.33 Å². The molecule has 0 aromatic carbocycles. The summed E-state index contributed by atoms with van der Waals surface area (Å²) in [7, 11) is 0. The van der Waals surface area contributed by atoms with Crippen molar-refractivity contribution < 1.29 is 9.59 Å². The third kappa shape index (κ3) is 2.70. The average molecular weight is 181 g/mol. The van der Waals surface area contributed by atoms with Gasteiger partial charge in [0, 0.05) is 12.7 Å². The Balaban J connectivity index is 2.53. The number of aromatic nitrogens is 2. The number of rotatable bonds is 4. The molecule has 13 heavy (non-hydrogen) atoms. The SMILES string of the molecule is CCNC(=O)Cn1cnc(C=O)c1. The number of hydrogen-bond acceptors (Lipinski definition) is 3. The Bertz CT molecular complexity index is 306. The molecule has 0 aliphatic carbocycles. The Labute approximate surface area is 75.8 Å². The zero-order chi connectivity index (χ0) is 9.68. The van der Waals surface area contributed by atoms with Crippen molar-refractivity contribution in [3.05, 3.63) is 18.2 Å². The van der Waals surface area contributed by atoms with E-state index in [0.717, 1.165) is 0 Å². The van der Waals surface area contributed by atoms with Crippen molar-refractivity contribution in [3.63, 3.8) is 0 Å². The predicted octanol–water partition coefficient (Wildman–Crippen LogP) is -0.168. The molecule has 1 heterocycles. The van der Waals surface area contributed by atoms with Gasteiger partial charge in [0.15, 0.2) is 6.29 Å². The largest absolute Gasteiger partial charge is 0.355 e. The first-order valence-electron chi connectivity index (χ1n) is 4.00. The number of nitrogens with zero attached hydrogens (tertiary/aromatic N) is 2. The molecule has 5 nitrogen and oxygen atoms in total. The van der Waals surface area contributed by atoms with Crippen LogP contribution >= 0.6 is 0 Å². The normalized spacial score (nSPS) is 9.62. The minimum absolute atomic E-state index is 0.0858. The summed E-state index contributed by atoms with van der Waals surface area (Å²) in [5, 5.41) is 2.65. The van der Waals surface area contributed by atoms with E-state index in [-0.39, 0.29) is 12.5 Å². The molecule has 0 saturated heterocycles. The van der Waals surface area contributed by atoms with Gasteiger partial charge in [-0.1, -0.05) is 0 Å². The van der Waals surface area contributed by atoms with Crippen LogP contribution < -0.4 is 5.32 Å². The van der Waals surface area contributed by atoms with Gasteiger partial charge >= 0.3 is 0 Å². The summed E-state index contributed by atoms with van der Waals surface area (Å²) in [4.78, 5) is 25.1. The monoisotopic (exact) mass is 181 g/mol. The molecule has 0 aliphatic rings. The zero-order valence-corrected chi connectivity index (χ0v) is 7.36. The van der Waals surface area contributed by atoms with Crippen molar-refractivity contribution in [2.75, 3.05) is 6.54 Å².